The minimum atomic E-state index is -0.319. The Balaban J connectivity index is 1.61. The van der Waals surface area contributed by atoms with Crippen LogP contribution in [0.25, 0.3) is 5.65 Å². The van der Waals surface area contributed by atoms with Crippen molar-refractivity contribution in [2.75, 3.05) is 20.1 Å². The molecule has 4 rings (SSSR count). The maximum absolute atomic E-state index is 13.1. The zero-order valence-electron chi connectivity index (χ0n) is 16.5. The number of aromatic nitrogens is 3. The lowest BCUT2D eigenvalue weighted by Crippen LogP contribution is -2.43. The van der Waals surface area contributed by atoms with E-state index in [-0.39, 0.29) is 23.3 Å². The molecule has 2 N–H and O–H groups in total. The van der Waals surface area contributed by atoms with Gasteiger partial charge in [0.1, 0.15) is 11.4 Å². The number of H-pyrrole nitrogens is 1. The molecule has 3 heterocycles. The number of benzene rings is 1. The number of piperidine rings is 1. The van der Waals surface area contributed by atoms with Gasteiger partial charge in [0.15, 0.2) is 5.65 Å². The standard InChI is InChI=1S/C21H24FN5O2/c1-13-17(11-14-3-5-15(22)6-4-14)21(29)27-19(24-13)18(12-23-27)20(28)25-16-7-9-26(2)10-8-16/h3-6,12,16,23H,7-11H2,1-2H3,(H,25,28). The molecule has 7 nitrogen and oxygen atoms in total. The van der Waals surface area contributed by atoms with Crippen LogP contribution in [0.15, 0.2) is 35.3 Å². The summed E-state index contributed by atoms with van der Waals surface area (Å²) in [5.74, 6) is -0.545. The van der Waals surface area contributed by atoms with Crippen LogP contribution in [0.4, 0.5) is 4.39 Å². The summed E-state index contributed by atoms with van der Waals surface area (Å²) in [6, 6.07) is 6.17. The highest BCUT2D eigenvalue weighted by Gasteiger charge is 2.22. The SMILES string of the molecule is Cc1nc2c(C(=O)NC3CCN(C)CC3)c[nH]n2c(=O)c1Cc1ccc(F)cc1. The number of hydrogen-bond donors (Lipinski definition) is 2. The molecular formula is C21H24FN5O2. The lowest BCUT2D eigenvalue weighted by Gasteiger charge is -2.29. The number of rotatable bonds is 4. The summed E-state index contributed by atoms with van der Waals surface area (Å²) in [5.41, 5.74) is 2.32. The Kier molecular flexibility index (Phi) is 5.19. The minimum Gasteiger partial charge on any atom is -0.349 e. The zero-order valence-corrected chi connectivity index (χ0v) is 16.5. The molecule has 0 saturated carbocycles. The van der Waals surface area contributed by atoms with Crippen molar-refractivity contribution in [3.8, 4) is 0 Å². The normalized spacial score (nSPS) is 15.7. The van der Waals surface area contributed by atoms with E-state index < -0.39 is 0 Å². The predicted molar refractivity (Wildman–Crippen MR) is 108 cm³/mol. The van der Waals surface area contributed by atoms with Crippen LogP contribution in [0.2, 0.25) is 0 Å². The lowest BCUT2D eigenvalue weighted by molar-refractivity contribution is 0.0918. The van der Waals surface area contributed by atoms with Crippen molar-refractivity contribution in [3.63, 3.8) is 0 Å². The van der Waals surface area contributed by atoms with E-state index in [1.807, 2.05) is 0 Å². The van der Waals surface area contributed by atoms with Crippen LogP contribution < -0.4 is 10.9 Å². The number of aryl methyl sites for hydroxylation is 1. The van der Waals surface area contributed by atoms with E-state index in [9.17, 15) is 14.0 Å². The summed E-state index contributed by atoms with van der Waals surface area (Å²) >= 11 is 0. The number of likely N-dealkylation sites (tertiary alicyclic amines) is 1. The minimum absolute atomic E-state index is 0.124. The summed E-state index contributed by atoms with van der Waals surface area (Å²) in [6.07, 6.45) is 3.67. The Bertz CT molecular complexity index is 1090. The van der Waals surface area contributed by atoms with Crippen LogP contribution in [0.3, 0.4) is 0 Å². The summed E-state index contributed by atoms with van der Waals surface area (Å²) in [4.78, 5) is 32.5. The largest absolute Gasteiger partial charge is 0.349 e. The summed E-state index contributed by atoms with van der Waals surface area (Å²) in [5, 5.41) is 5.91. The average Bonchev–Trinajstić information content (AvgIpc) is 3.12. The fourth-order valence-electron chi connectivity index (χ4n) is 3.75. The van der Waals surface area contributed by atoms with E-state index in [0.29, 0.717) is 28.9 Å². The van der Waals surface area contributed by atoms with Gasteiger partial charge in [0.2, 0.25) is 0 Å². The molecule has 1 aromatic carbocycles. The van der Waals surface area contributed by atoms with Gasteiger partial charge in [-0.3, -0.25) is 14.7 Å². The fraction of sp³-hybridized carbons (Fsp3) is 0.381. The molecule has 0 radical (unpaired) electrons. The number of carbonyl (C=O) groups excluding carboxylic acids is 1. The lowest BCUT2D eigenvalue weighted by atomic mass is 10.0. The number of nitrogens with zero attached hydrogens (tertiary/aromatic N) is 3. The first-order chi connectivity index (χ1) is 13.9. The van der Waals surface area contributed by atoms with Crippen LogP contribution in [-0.2, 0) is 6.42 Å². The second-order valence-corrected chi connectivity index (χ2v) is 7.68. The summed E-state index contributed by atoms with van der Waals surface area (Å²) in [7, 11) is 2.07. The number of amides is 1. The molecule has 0 atom stereocenters. The Morgan fingerprint density at radius 2 is 1.97 bits per heavy atom. The third kappa shape index (κ3) is 3.93. The second-order valence-electron chi connectivity index (χ2n) is 7.68. The first kappa shape index (κ1) is 19.3. The van der Waals surface area contributed by atoms with Gasteiger partial charge in [-0.1, -0.05) is 12.1 Å². The van der Waals surface area contributed by atoms with Crippen molar-refractivity contribution >= 4 is 11.6 Å². The van der Waals surface area contributed by atoms with Crippen molar-refractivity contribution in [2.24, 2.45) is 0 Å². The highest BCUT2D eigenvalue weighted by Crippen LogP contribution is 2.15. The van der Waals surface area contributed by atoms with Gasteiger partial charge in [-0.05, 0) is 57.6 Å². The molecule has 0 aliphatic carbocycles. The second kappa shape index (κ2) is 7.79. The molecule has 29 heavy (non-hydrogen) atoms. The van der Waals surface area contributed by atoms with Gasteiger partial charge in [0, 0.05) is 29.9 Å². The Hall–Kier alpha value is -3.00. The maximum atomic E-state index is 13.1. The molecule has 1 fully saturated rings. The Morgan fingerprint density at radius 1 is 1.28 bits per heavy atom. The monoisotopic (exact) mass is 397 g/mol. The highest BCUT2D eigenvalue weighted by atomic mass is 19.1. The predicted octanol–water partition coefficient (Wildman–Crippen LogP) is 1.88. The van der Waals surface area contributed by atoms with Gasteiger partial charge < -0.3 is 10.2 Å². The van der Waals surface area contributed by atoms with Crippen molar-refractivity contribution in [1.82, 2.24) is 24.8 Å². The molecule has 1 saturated heterocycles. The van der Waals surface area contributed by atoms with Crippen LogP contribution in [0.5, 0.6) is 0 Å². The van der Waals surface area contributed by atoms with E-state index in [1.165, 1.54) is 22.8 Å². The number of fused-ring (bicyclic) bond motifs is 1. The van der Waals surface area contributed by atoms with Gasteiger partial charge in [-0.2, -0.15) is 0 Å². The first-order valence-corrected chi connectivity index (χ1v) is 9.76. The number of halogens is 1. The van der Waals surface area contributed by atoms with Gasteiger partial charge in [-0.25, -0.2) is 13.9 Å². The molecule has 1 aliphatic heterocycles. The quantitative estimate of drug-likeness (QED) is 0.704. The zero-order chi connectivity index (χ0) is 20.5. The van der Waals surface area contributed by atoms with E-state index >= 15 is 0 Å². The van der Waals surface area contributed by atoms with E-state index in [4.69, 9.17) is 0 Å². The molecule has 0 unspecified atom stereocenters. The third-order valence-electron chi connectivity index (χ3n) is 5.55. The van der Waals surface area contributed by atoms with Gasteiger partial charge in [0.05, 0.1) is 0 Å². The molecular weight excluding hydrogens is 373 g/mol. The van der Waals surface area contributed by atoms with E-state index in [1.54, 1.807) is 19.1 Å². The van der Waals surface area contributed by atoms with E-state index in [0.717, 1.165) is 31.5 Å². The van der Waals surface area contributed by atoms with E-state index in [2.05, 4.69) is 27.3 Å². The van der Waals surface area contributed by atoms with Gasteiger partial charge >= 0.3 is 0 Å². The van der Waals surface area contributed by atoms with Gasteiger partial charge in [0.25, 0.3) is 11.5 Å². The molecule has 8 heteroatoms. The van der Waals surface area contributed by atoms with Crippen LogP contribution in [0, 0.1) is 12.7 Å². The van der Waals surface area contributed by atoms with Crippen LogP contribution >= 0.6 is 0 Å². The average molecular weight is 397 g/mol. The van der Waals surface area contributed by atoms with Gasteiger partial charge in [-0.15, -0.1) is 0 Å². The van der Waals surface area contributed by atoms with Crippen LogP contribution in [0.1, 0.15) is 40.0 Å². The fourth-order valence-corrected chi connectivity index (χ4v) is 3.75. The first-order valence-electron chi connectivity index (χ1n) is 9.76. The molecule has 1 aliphatic rings. The molecule has 0 spiro atoms. The number of carbonyl (C=O) groups is 1. The number of hydrogen-bond acceptors (Lipinski definition) is 4. The summed E-state index contributed by atoms with van der Waals surface area (Å²) < 4.78 is 14.4. The van der Waals surface area contributed by atoms with Crippen molar-refractivity contribution in [2.45, 2.75) is 32.2 Å². The third-order valence-corrected chi connectivity index (χ3v) is 5.55. The number of aromatic amines is 1. The topological polar surface area (TPSA) is 82.5 Å². The van der Waals surface area contributed by atoms with Crippen LogP contribution in [-0.4, -0.2) is 51.6 Å². The molecule has 3 aromatic rings. The summed E-state index contributed by atoms with van der Waals surface area (Å²) in [6.45, 7) is 3.65. The molecule has 2 aromatic heterocycles. The van der Waals surface area contributed by atoms with Crippen molar-refractivity contribution in [1.29, 1.82) is 0 Å². The smallest absolute Gasteiger partial charge is 0.276 e. The van der Waals surface area contributed by atoms with Crippen molar-refractivity contribution < 1.29 is 9.18 Å². The molecule has 0 bridgehead atoms. The molecule has 1 amide bonds. The molecule has 152 valence electrons. The highest BCUT2D eigenvalue weighted by molar-refractivity contribution is 5.99. The number of nitrogens with one attached hydrogen (secondary N) is 2. The Labute approximate surface area is 167 Å². The van der Waals surface area contributed by atoms with Crippen molar-refractivity contribution in [3.05, 3.63) is 69.0 Å². The Morgan fingerprint density at radius 3 is 2.66 bits per heavy atom. The maximum Gasteiger partial charge on any atom is 0.276 e.